The van der Waals surface area contributed by atoms with Crippen molar-refractivity contribution in [2.24, 2.45) is 0 Å². The first-order valence-corrected chi connectivity index (χ1v) is 3.87. The quantitative estimate of drug-likeness (QED) is 0.642. The lowest BCUT2D eigenvalue weighted by molar-refractivity contribution is 0.242. The van der Waals surface area contributed by atoms with Crippen LogP contribution in [0, 0.1) is 6.92 Å². The molecule has 0 bridgehead atoms. The Morgan fingerprint density at radius 3 is 2.55 bits per heavy atom. The Balaban J connectivity index is 2.51. The van der Waals surface area contributed by atoms with Crippen molar-refractivity contribution >= 4 is 0 Å². The van der Waals surface area contributed by atoms with Crippen LogP contribution in [0.1, 0.15) is 13.3 Å². The van der Waals surface area contributed by atoms with Gasteiger partial charge in [0.25, 0.3) is 0 Å². The third-order valence-electron chi connectivity index (χ3n) is 1.50. The van der Waals surface area contributed by atoms with Gasteiger partial charge in [-0.05, 0) is 25.5 Å². The van der Waals surface area contributed by atoms with Gasteiger partial charge in [0.15, 0.2) is 0 Å². The highest BCUT2D eigenvalue weighted by atomic mass is 16.5. The molecule has 0 aliphatic rings. The first-order valence-electron chi connectivity index (χ1n) is 3.87. The number of ether oxygens (including phenoxy) is 1. The molecule has 1 aromatic rings. The van der Waals surface area contributed by atoms with Crippen LogP contribution in [-0.2, 0) is 0 Å². The molecule has 1 unspecified atom stereocenters. The van der Waals surface area contributed by atoms with Crippen molar-refractivity contribution in [1.82, 2.24) is 0 Å². The lowest BCUT2D eigenvalue weighted by Gasteiger charge is -2.11. The zero-order valence-corrected chi connectivity index (χ0v) is 6.79. The Morgan fingerprint density at radius 2 is 2.00 bits per heavy atom. The molecule has 59 valence electrons. The van der Waals surface area contributed by atoms with Gasteiger partial charge in [-0.3, -0.25) is 0 Å². The van der Waals surface area contributed by atoms with Crippen LogP contribution in [0.4, 0.5) is 0 Å². The van der Waals surface area contributed by atoms with E-state index in [2.05, 4.69) is 13.8 Å². The molecule has 1 rings (SSSR count). The molecule has 0 fully saturated rings. The lowest BCUT2D eigenvalue weighted by Crippen LogP contribution is -2.09. The minimum Gasteiger partial charge on any atom is -0.490 e. The standard InChI is InChI=1S/C10H13O/c1-3-9(2)11-10-7-5-4-6-8-10/h4-9H,2-3H2,1H3. The summed E-state index contributed by atoms with van der Waals surface area (Å²) in [7, 11) is 0. The minimum atomic E-state index is 0.0670. The largest absolute Gasteiger partial charge is 0.490 e. The molecule has 0 saturated heterocycles. The first-order chi connectivity index (χ1) is 5.33. The molecule has 0 amide bonds. The molecule has 0 heterocycles. The zero-order chi connectivity index (χ0) is 8.10. The number of rotatable bonds is 3. The van der Waals surface area contributed by atoms with E-state index in [1.807, 2.05) is 30.3 Å². The Labute approximate surface area is 68.0 Å². The fourth-order valence-corrected chi connectivity index (χ4v) is 0.775. The van der Waals surface area contributed by atoms with E-state index in [4.69, 9.17) is 4.74 Å². The summed E-state index contributed by atoms with van der Waals surface area (Å²) in [5, 5.41) is 0. The summed E-state index contributed by atoms with van der Waals surface area (Å²) in [5.74, 6) is 0.898. The van der Waals surface area contributed by atoms with E-state index in [-0.39, 0.29) is 6.10 Å². The van der Waals surface area contributed by atoms with Crippen molar-refractivity contribution < 1.29 is 4.74 Å². The molecule has 0 spiro atoms. The third-order valence-corrected chi connectivity index (χ3v) is 1.50. The summed E-state index contributed by atoms with van der Waals surface area (Å²) in [6, 6.07) is 9.76. The molecule has 0 aromatic heterocycles. The van der Waals surface area contributed by atoms with Crippen LogP contribution in [-0.4, -0.2) is 6.10 Å². The molecule has 0 aliphatic carbocycles. The van der Waals surface area contributed by atoms with Crippen molar-refractivity contribution in [1.29, 1.82) is 0 Å². The molecule has 1 heteroatoms. The second-order valence-electron chi connectivity index (χ2n) is 2.46. The monoisotopic (exact) mass is 149 g/mol. The maximum Gasteiger partial charge on any atom is 0.119 e. The van der Waals surface area contributed by atoms with Gasteiger partial charge in [-0.15, -0.1) is 0 Å². The van der Waals surface area contributed by atoms with E-state index in [0.29, 0.717) is 0 Å². The molecule has 1 atom stereocenters. The fraction of sp³-hybridized carbons (Fsp3) is 0.300. The molecule has 1 nitrogen and oxygen atoms in total. The average Bonchev–Trinajstić information content (AvgIpc) is 2.06. The van der Waals surface area contributed by atoms with Crippen molar-refractivity contribution in [2.45, 2.75) is 19.4 Å². The van der Waals surface area contributed by atoms with E-state index >= 15 is 0 Å². The van der Waals surface area contributed by atoms with E-state index in [1.54, 1.807) is 0 Å². The van der Waals surface area contributed by atoms with E-state index in [0.717, 1.165) is 12.2 Å². The van der Waals surface area contributed by atoms with Crippen molar-refractivity contribution in [3.05, 3.63) is 37.3 Å². The van der Waals surface area contributed by atoms with Gasteiger partial charge in [-0.1, -0.05) is 25.1 Å². The molecule has 0 N–H and O–H groups in total. The number of hydrogen-bond donors (Lipinski definition) is 0. The van der Waals surface area contributed by atoms with E-state index < -0.39 is 0 Å². The van der Waals surface area contributed by atoms with Crippen LogP contribution in [0.25, 0.3) is 0 Å². The summed E-state index contributed by atoms with van der Waals surface area (Å²) in [4.78, 5) is 0. The molecule has 11 heavy (non-hydrogen) atoms. The van der Waals surface area contributed by atoms with Crippen LogP contribution in [0.5, 0.6) is 5.75 Å². The maximum atomic E-state index is 5.45. The molecular formula is C10H13O. The van der Waals surface area contributed by atoms with E-state index in [1.165, 1.54) is 0 Å². The Hall–Kier alpha value is -0.980. The van der Waals surface area contributed by atoms with Gasteiger partial charge < -0.3 is 4.74 Å². The van der Waals surface area contributed by atoms with Crippen LogP contribution < -0.4 is 4.74 Å². The van der Waals surface area contributed by atoms with Crippen molar-refractivity contribution in [2.75, 3.05) is 0 Å². The third kappa shape index (κ3) is 2.62. The van der Waals surface area contributed by atoms with Crippen molar-refractivity contribution in [3.8, 4) is 5.75 Å². The topological polar surface area (TPSA) is 9.23 Å². The Morgan fingerprint density at radius 1 is 1.36 bits per heavy atom. The van der Waals surface area contributed by atoms with Gasteiger partial charge in [0.1, 0.15) is 5.75 Å². The SMILES string of the molecule is [CH2]C(CC)Oc1ccccc1. The Kier molecular flexibility index (Phi) is 2.96. The molecular weight excluding hydrogens is 136 g/mol. The predicted octanol–water partition coefficient (Wildman–Crippen LogP) is 2.68. The summed E-state index contributed by atoms with van der Waals surface area (Å²) in [6.45, 7) is 5.89. The zero-order valence-electron chi connectivity index (χ0n) is 6.79. The molecule has 0 saturated carbocycles. The number of para-hydroxylation sites is 1. The summed E-state index contributed by atoms with van der Waals surface area (Å²) in [6.07, 6.45) is 1.01. The highest BCUT2D eigenvalue weighted by Gasteiger charge is 1.98. The second kappa shape index (κ2) is 4.02. The predicted molar refractivity (Wildman–Crippen MR) is 46.5 cm³/mol. The van der Waals surface area contributed by atoms with Gasteiger partial charge in [0.2, 0.25) is 0 Å². The van der Waals surface area contributed by atoms with Crippen molar-refractivity contribution in [3.63, 3.8) is 0 Å². The molecule has 1 aromatic carbocycles. The summed E-state index contributed by atoms with van der Waals surface area (Å²) < 4.78 is 5.45. The van der Waals surface area contributed by atoms with Crippen LogP contribution in [0.15, 0.2) is 30.3 Å². The lowest BCUT2D eigenvalue weighted by atomic mass is 10.3. The van der Waals surface area contributed by atoms with Crippen LogP contribution in [0.3, 0.4) is 0 Å². The van der Waals surface area contributed by atoms with Gasteiger partial charge >= 0.3 is 0 Å². The first kappa shape index (κ1) is 8.12. The Bertz CT molecular complexity index is 193. The molecule has 0 aliphatic heterocycles. The maximum absolute atomic E-state index is 5.45. The smallest absolute Gasteiger partial charge is 0.119 e. The minimum absolute atomic E-state index is 0.0670. The van der Waals surface area contributed by atoms with E-state index in [9.17, 15) is 0 Å². The van der Waals surface area contributed by atoms with Crippen LogP contribution in [0.2, 0.25) is 0 Å². The normalized spacial score (nSPS) is 12.5. The second-order valence-corrected chi connectivity index (χ2v) is 2.46. The number of benzene rings is 1. The van der Waals surface area contributed by atoms with Gasteiger partial charge in [-0.25, -0.2) is 0 Å². The highest BCUT2D eigenvalue weighted by molar-refractivity contribution is 5.21. The molecule has 1 radical (unpaired) electrons. The van der Waals surface area contributed by atoms with Gasteiger partial charge in [0.05, 0.1) is 6.10 Å². The summed E-state index contributed by atoms with van der Waals surface area (Å²) in [5.41, 5.74) is 0. The fourth-order valence-electron chi connectivity index (χ4n) is 0.775. The van der Waals surface area contributed by atoms with Crippen LogP contribution >= 0.6 is 0 Å². The summed E-state index contributed by atoms with van der Waals surface area (Å²) >= 11 is 0. The van der Waals surface area contributed by atoms with Gasteiger partial charge in [0, 0.05) is 0 Å². The highest BCUT2D eigenvalue weighted by Crippen LogP contribution is 2.11. The van der Waals surface area contributed by atoms with Gasteiger partial charge in [-0.2, -0.15) is 0 Å². The number of hydrogen-bond acceptors (Lipinski definition) is 1. The average molecular weight is 149 g/mol.